The summed E-state index contributed by atoms with van der Waals surface area (Å²) in [6, 6.07) is 14.5. The minimum Gasteiger partial charge on any atom is -0.339 e. The number of nitrogens with zero attached hydrogens (tertiary/aromatic N) is 1. The van der Waals surface area contributed by atoms with E-state index in [1.165, 1.54) is 0 Å². The molecular weight excluding hydrogens is 404 g/mol. The smallest absolute Gasteiger partial charge is 0.253 e. The van der Waals surface area contributed by atoms with Gasteiger partial charge in [-0.3, -0.25) is 9.59 Å². The van der Waals surface area contributed by atoms with Crippen LogP contribution in [0.4, 0.5) is 5.69 Å². The highest BCUT2D eigenvalue weighted by Gasteiger charge is 2.27. The third-order valence-electron chi connectivity index (χ3n) is 4.34. The maximum atomic E-state index is 12.5. The van der Waals surface area contributed by atoms with Gasteiger partial charge < -0.3 is 10.2 Å². The number of rotatable bonds is 3. The van der Waals surface area contributed by atoms with Gasteiger partial charge in [-0.2, -0.15) is 0 Å². The number of carbonyl (C=O) groups excluding carboxylic acids is 2. The van der Waals surface area contributed by atoms with Crippen molar-refractivity contribution in [1.29, 1.82) is 0 Å². The van der Waals surface area contributed by atoms with Gasteiger partial charge in [-0.15, -0.1) is 0 Å². The van der Waals surface area contributed by atoms with Crippen LogP contribution in [0.25, 0.3) is 0 Å². The Morgan fingerprint density at radius 3 is 2.40 bits per heavy atom. The molecule has 0 aliphatic carbocycles. The molecule has 0 saturated carbocycles. The highest BCUT2D eigenvalue weighted by molar-refractivity contribution is 9.10. The summed E-state index contributed by atoms with van der Waals surface area (Å²) < 4.78 is 0.945. The molecule has 6 heteroatoms. The summed E-state index contributed by atoms with van der Waals surface area (Å²) in [7, 11) is 0. The van der Waals surface area contributed by atoms with Crippen LogP contribution in [0.15, 0.2) is 53.0 Å². The van der Waals surface area contributed by atoms with Gasteiger partial charge in [0, 0.05) is 39.8 Å². The first kappa shape index (κ1) is 18.0. The molecule has 0 bridgehead atoms. The minimum atomic E-state index is -0.0899. The summed E-state index contributed by atoms with van der Waals surface area (Å²) >= 11 is 9.31. The van der Waals surface area contributed by atoms with Crippen LogP contribution in [0.1, 0.15) is 23.2 Å². The van der Waals surface area contributed by atoms with E-state index in [0.29, 0.717) is 42.2 Å². The number of carbonyl (C=O) groups is 2. The van der Waals surface area contributed by atoms with E-state index in [9.17, 15) is 9.59 Å². The number of likely N-dealkylation sites (tertiary alicyclic amines) is 1. The summed E-state index contributed by atoms with van der Waals surface area (Å²) in [5, 5.41) is 3.49. The number of benzene rings is 2. The van der Waals surface area contributed by atoms with Crippen LogP contribution in [0.3, 0.4) is 0 Å². The third-order valence-corrected chi connectivity index (χ3v) is 5.10. The quantitative estimate of drug-likeness (QED) is 0.788. The molecule has 0 unspecified atom stereocenters. The number of anilines is 1. The molecule has 1 aliphatic heterocycles. The molecule has 1 heterocycles. The number of amides is 2. The fraction of sp³-hybridized carbons (Fsp3) is 0.263. The third kappa shape index (κ3) is 4.61. The minimum absolute atomic E-state index is 0.0150. The first-order valence-corrected chi connectivity index (χ1v) is 9.31. The Labute approximate surface area is 160 Å². The van der Waals surface area contributed by atoms with E-state index in [-0.39, 0.29) is 17.7 Å². The van der Waals surface area contributed by atoms with Crippen LogP contribution >= 0.6 is 27.5 Å². The van der Waals surface area contributed by atoms with Crippen molar-refractivity contribution in [1.82, 2.24) is 4.90 Å². The van der Waals surface area contributed by atoms with Crippen LogP contribution in [0.5, 0.6) is 0 Å². The molecule has 25 heavy (non-hydrogen) atoms. The first-order valence-electron chi connectivity index (χ1n) is 8.14. The molecule has 0 radical (unpaired) electrons. The van der Waals surface area contributed by atoms with Crippen molar-refractivity contribution in [2.75, 3.05) is 18.4 Å². The Balaban J connectivity index is 1.55. The normalized spacial score (nSPS) is 15.0. The van der Waals surface area contributed by atoms with Crippen molar-refractivity contribution < 1.29 is 9.59 Å². The topological polar surface area (TPSA) is 49.4 Å². The summed E-state index contributed by atoms with van der Waals surface area (Å²) in [6.07, 6.45) is 1.32. The monoisotopic (exact) mass is 420 g/mol. The molecule has 4 nitrogen and oxygen atoms in total. The number of halogens is 2. The standard InChI is InChI=1S/C19H18BrClN2O2/c20-15-6-4-14(5-7-15)19(25)23-10-8-13(9-11-23)18(24)22-17-3-1-2-16(21)12-17/h1-7,12-13H,8-11H2,(H,22,24). The number of hydrogen-bond acceptors (Lipinski definition) is 2. The zero-order valence-corrected chi connectivity index (χ0v) is 15.9. The first-order chi connectivity index (χ1) is 12.0. The van der Waals surface area contributed by atoms with Crippen LogP contribution in [0.2, 0.25) is 5.02 Å². The van der Waals surface area contributed by atoms with Gasteiger partial charge in [0.05, 0.1) is 0 Å². The van der Waals surface area contributed by atoms with Crippen molar-refractivity contribution in [2.24, 2.45) is 5.92 Å². The predicted octanol–water partition coefficient (Wildman–Crippen LogP) is 4.59. The Hall–Kier alpha value is -1.85. The van der Waals surface area contributed by atoms with E-state index in [1.807, 2.05) is 35.2 Å². The van der Waals surface area contributed by atoms with Gasteiger partial charge in [-0.25, -0.2) is 0 Å². The molecule has 0 atom stereocenters. The molecule has 1 saturated heterocycles. The van der Waals surface area contributed by atoms with Crippen LogP contribution in [0, 0.1) is 5.92 Å². The molecule has 3 rings (SSSR count). The van der Waals surface area contributed by atoms with Gasteiger partial charge in [-0.05, 0) is 55.3 Å². The lowest BCUT2D eigenvalue weighted by Crippen LogP contribution is -2.41. The Morgan fingerprint density at radius 2 is 1.76 bits per heavy atom. The summed E-state index contributed by atoms with van der Waals surface area (Å²) in [5.74, 6) is -0.0906. The molecule has 0 spiro atoms. The molecule has 1 N–H and O–H groups in total. The van der Waals surface area contributed by atoms with Crippen molar-refractivity contribution >= 4 is 45.0 Å². The zero-order valence-electron chi connectivity index (χ0n) is 13.5. The molecule has 1 fully saturated rings. The maximum Gasteiger partial charge on any atom is 0.253 e. The SMILES string of the molecule is O=C(Nc1cccc(Cl)c1)C1CCN(C(=O)c2ccc(Br)cc2)CC1. The van der Waals surface area contributed by atoms with E-state index in [0.717, 1.165) is 4.47 Å². The van der Waals surface area contributed by atoms with Crippen LogP contribution in [-0.2, 0) is 4.79 Å². The second kappa shape index (κ2) is 8.02. The van der Waals surface area contributed by atoms with Gasteiger partial charge in [0.2, 0.25) is 5.91 Å². The highest BCUT2D eigenvalue weighted by Crippen LogP contribution is 2.22. The van der Waals surface area contributed by atoms with Crippen molar-refractivity contribution in [3.05, 3.63) is 63.6 Å². The van der Waals surface area contributed by atoms with E-state index >= 15 is 0 Å². The van der Waals surface area contributed by atoms with Gasteiger partial charge in [0.25, 0.3) is 5.91 Å². The predicted molar refractivity (Wildman–Crippen MR) is 103 cm³/mol. The number of piperidine rings is 1. The fourth-order valence-corrected chi connectivity index (χ4v) is 3.38. The molecule has 130 valence electrons. The average molecular weight is 422 g/mol. The summed E-state index contributed by atoms with van der Waals surface area (Å²) in [6.45, 7) is 1.17. The van der Waals surface area contributed by atoms with Gasteiger partial charge in [-0.1, -0.05) is 33.6 Å². The zero-order chi connectivity index (χ0) is 17.8. The van der Waals surface area contributed by atoms with Crippen molar-refractivity contribution in [2.45, 2.75) is 12.8 Å². The van der Waals surface area contributed by atoms with Crippen molar-refractivity contribution in [3.63, 3.8) is 0 Å². The molecule has 2 aromatic carbocycles. The molecular formula is C19H18BrClN2O2. The Morgan fingerprint density at radius 1 is 1.08 bits per heavy atom. The molecule has 1 aliphatic rings. The second-order valence-electron chi connectivity index (χ2n) is 6.07. The average Bonchev–Trinajstić information content (AvgIpc) is 2.62. The Bertz CT molecular complexity index is 771. The van der Waals surface area contributed by atoms with E-state index in [4.69, 9.17) is 11.6 Å². The number of nitrogens with one attached hydrogen (secondary N) is 1. The largest absolute Gasteiger partial charge is 0.339 e. The van der Waals surface area contributed by atoms with E-state index in [1.54, 1.807) is 18.2 Å². The lowest BCUT2D eigenvalue weighted by Gasteiger charge is -2.31. The fourth-order valence-electron chi connectivity index (χ4n) is 2.93. The second-order valence-corrected chi connectivity index (χ2v) is 7.43. The molecule has 2 amide bonds. The lowest BCUT2D eigenvalue weighted by molar-refractivity contribution is -0.121. The maximum absolute atomic E-state index is 12.5. The van der Waals surface area contributed by atoms with Crippen molar-refractivity contribution in [3.8, 4) is 0 Å². The summed E-state index contributed by atoms with van der Waals surface area (Å²) in [4.78, 5) is 26.7. The molecule has 0 aromatic heterocycles. The van der Waals surface area contributed by atoms with E-state index in [2.05, 4.69) is 21.2 Å². The van der Waals surface area contributed by atoms with Gasteiger partial charge >= 0.3 is 0 Å². The lowest BCUT2D eigenvalue weighted by atomic mass is 9.95. The highest BCUT2D eigenvalue weighted by atomic mass is 79.9. The molecule has 2 aromatic rings. The van der Waals surface area contributed by atoms with Gasteiger partial charge in [0.1, 0.15) is 0 Å². The van der Waals surface area contributed by atoms with Crippen LogP contribution < -0.4 is 5.32 Å². The van der Waals surface area contributed by atoms with Gasteiger partial charge in [0.15, 0.2) is 0 Å². The summed E-state index contributed by atoms with van der Waals surface area (Å²) in [5.41, 5.74) is 1.37. The number of hydrogen-bond donors (Lipinski definition) is 1. The van der Waals surface area contributed by atoms with E-state index < -0.39 is 0 Å². The Kier molecular flexibility index (Phi) is 5.76. The van der Waals surface area contributed by atoms with Crippen LogP contribution in [-0.4, -0.2) is 29.8 Å².